The summed E-state index contributed by atoms with van der Waals surface area (Å²) >= 11 is 0. The second-order valence-electron chi connectivity index (χ2n) is 2.47. The van der Waals surface area contributed by atoms with Gasteiger partial charge in [0.2, 0.25) is 12.3 Å². The first-order valence-corrected chi connectivity index (χ1v) is 3.71. The Morgan fingerprint density at radius 2 is 2.58 bits per heavy atom. The van der Waals surface area contributed by atoms with Gasteiger partial charge in [0.05, 0.1) is 6.54 Å². The molecule has 1 aliphatic rings. The van der Waals surface area contributed by atoms with Crippen molar-refractivity contribution in [3.8, 4) is 5.88 Å². The molecule has 0 saturated carbocycles. The topological polar surface area (TPSA) is 42.4 Å². The van der Waals surface area contributed by atoms with Gasteiger partial charge >= 0.3 is 0 Å². The molecule has 1 aliphatic heterocycles. The predicted octanol–water partition coefficient (Wildman–Crippen LogP) is 0.437. The van der Waals surface area contributed by atoms with Gasteiger partial charge in [-0.05, 0) is 12.1 Å². The second-order valence-corrected chi connectivity index (χ2v) is 2.47. The van der Waals surface area contributed by atoms with Crippen molar-refractivity contribution < 1.29 is 9.53 Å². The zero-order valence-electron chi connectivity index (χ0n) is 6.43. The van der Waals surface area contributed by atoms with E-state index in [4.69, 9.17) is 4.74 Å². The molecule has 62 valence electrons. The fourth-order valence-corrected chi connectivity index (χ4v) is 1.18. The van der Waals surface area contributed by atoms with E-state index in [1.54, 1.807) is 17.2 Å². The fraction of sp³-hybridized carbons (Fsp3) is 0.250. The first-order chi connectivity index (χ1) is 5.92. The Kier molecular flexibility index (Phi) is 1.66. The van der Waals surface area contributed by atoms with Crippen LogP contribution in [-0.2, 0) is 4.79 Å². The number of rotatable bonds is 1. The highest BCUT2D eigenvalue weighted by atomic mass is 16.5. The van der Waals surface area contributed by atoms with Crippen molar-refractivity contribution in [1.29, 1.82) is 0 Å². The van der Waals surface area contributed by atoms with E-state index in [0.29, 0.717) is 19.0 Å². The summed E-state index contributed by atoms with van der Waals surface area (Å²) in [6, 6.07) is 3.60. The highest BCUT2D eigenvalue weighted by Gasteiger charge is 2.17. The standard InChI is InChI=1S/C8H8N2O2/c11-6-10-4-5-12-8-7(10)2-1-3-9-8/h1-3,6H,4-5H2. The number of anilines is 1. The van der Waals surface area contributed by atoms with Gasteiger partial charge in [-0.2, -0.15) is 0 Å². The minimum atomic E-state index is 0.517. The molecule has 4 nitrogen and oxygen atoms in total. The summed E-state index contributed by atoms with van der Waals surface area (Å²) in [7, 11) is 0. The summed E-state index contributed by atoms with van der Waals surface area (Å²) in [5, 5.41) is 0. The van der Waals surface area contributed by atoms with Crippen LogP contribution in [0.4, 0.5) is 5.69 Å². The van der Waals surface area contributed by atoms with E-state index >= 15 is 0 Å². The molecule has 0 radical (unpaired) electrons. The highest BCUT2D eigenvalue weighted by molar-refractivity contribution is 5.78. The molecule has 1 amide bonds. The molecule has 2 heterocycles. The predicted molar refractivity (Wildman–Crippen MR) is 43.1 cm³/mol. The molecule has 0 aliphatic carbocycles. The van der Waals surface area contributed by atoms with Crippen LogP contribution in [-0.4, -0.2) is 24.5 Å². The summed E-state index contributed by atoms with van der Waals surface area (Å²) in [5.74, 6) is 0.538. The van der Waals surface area contributed by atoms with Gasteiger partial charge in [0.1, 0.15) is 12.3 Å². The minimum absolute atomic E-state index is 0.517. The van der Waals surface area contributed by atoms with Crippen LogP contribution in [0.1, 0.15) is 0 Å². The zero-order valence-corrected chi connectivity index (χ0v) is 6.43. The van der Waals surface area contributed by atoms with Gasteiger partial charge in [-0.15, -0.1) is 0 Å². The second kappa shape index (κ2) is 2.81. The van der Waals surface area contributed by atoms with Crippen molar-refractivity contribution in [1.82, 2.24) is 4.98 Å². The molecule has 0 saturated heterocycles. The Bertz CT molecular complexity index is 301. The molecule has 0 aromatic carbocycles. The molecule has 0 N–H and O–H groups in total. The van der Waals surface area contributed by atoms with Crippen LogP contribution in [0.5, 0.6) is 5.88 Å². The Hall–Kier alpha value is -1.58. The molecule has 1 aromatic heterocycles. The molecule has 4 heteroatoms. The quantitative estimate of drug-likeness (QED) is 0.565. The van der Waals surface area contributed by atoms with E-state index in [1.165, 1.54) is 0 Å². The molecular formula is C8H8N2O2. The summed E-state index contributed by atoms with van der Waals surface area (Å²) in [5.41, 5.74) is 0.749. The van der Waals surface area contributed by atoms with Gasteiger partial charge in [0.25, 0.3) is 0 Å². The lowest BCUT2D eigenvalue weighted by molar-refractivity contribution is -0.107. The number of fused-ring (bicyclic) bond motifs is 1. The maximum absolute atomic E-state index is 10.6. The number of carbonyl (C=O) groups excluding carboxylic acids is 1. The summed E-state index contributed by atoms with van der Waals surface area (Å²) in [6.07, 6.45) is 2.44. The first-order valence-electron chi connectivity index (χ1n) is 3.71. The molecule has 0 atom stereocenters. The van der Waals surface area contributed by atoms with Gasteiger partial charge in [-0.3, -0.25) is 4.79 Å². The minimum Gasteiger partial charge on any atom is -0.474 e. The van der Waals surface area contributed by atoms with Crippen molar-refractivity contribution in [3.63, 3.8) is 0 Å². The van der Waals surface area contributed by atoms with Crippen LogP contribution in [0.3, 0.4) is 0 Å². The Morgan fingerprint density at radius 1 is 1.67 bits per heavy atom. The molecule has 12 heavy (non-hydrogen) atoms. The number of aromatic nitrogens is 1. The van der Waals surface area contributed by atoms with Crippen molar-refractivity contribution in [3.05, 3.63) is 18.3 Å². The molecule has 0 spiro atoms. The number of nitrogens with zero attached hydrogens (tertiary/aromatic N) is 2. The first kappa shape index (κ1) is 7.09. The van der Waals surface area contributed by atoms with Crippen LogP contribution >= 0.6 is 0 Å². The lowest BCUT2D eigenvalue weighted by Crippen LogP contribution is -2.31. The van der Waals surface area contributed by atoms with E-state index in [0.717, 1.165) is 12.1 Å². The summed E-state index contributed by atoms with van der Waals surface area (Å²) in [4.78, 5) is 16.1. The third-order valence-electron chi connectivity index (χ3n) is 1.76. The summed E-state index contributed by atoms with van der Waals surface area (Å²) < 4.78 is 5.24. The van der Waals surface area contributed by atoms with Crippen LogP contribution in [0.2, 0.25) is 0 Å². The Morgan fingerprint density at radius 3 is 3.42 bits per heavy atom. The van der Waals surface area contributed by atoms with Crippen molar-refractivity contribution in [2.75, 3.05) is 18.1 Å². The van der Waals surface area contributed by atoms with Gasteiger partial charge in [-0.25, -0.2) is 4.98 Å². The van der Waals surface area contributed by atoms with Gasteiger partial charge in [-0.1, -0.05) is 0 Å². The zero-order chi connectivity index (χ0) is 8.39. The average molecular weight is 164 g/mol. The normalized spacial score (nSPS) is 14.8. The van der Waals surface area contributed by atoms with E-state index in [2.05, 4.69) is 4.98 Å². The maximum atomic E-state index is 10.6. The van der Waals surface area contributed by atoms with Crippen LogP contribution in [0.15, 0.2) is 18.3 Å². The fourth-order valence-electron chi connectivity index (χ4n) is 1.18. The number of pyridine rings is 1. The van der Waals surface area contributed by atoms with E-state index < -0.39 is 0 Å². The third-order valence-corrected chi connectivity index (χ3v) is 1.76. The van der Waals surface area contributed by atoms with E-state index in [1.807, 2.05) is 6.07 Å². The number of carbonyl (C=O) groups is 1. The molecule has 0 bridgehead atoms. The van der Waals surface area contributed by atoms with Gasteiger partial charge in [0, 0.05) is 6.20 Å². The number of amides is 1. The van der Waals surface area contributed by atoms with Crippen LogP contribution in [0, 0.1) is 0 Å². The SMILES string of the molecule is O=CN1CCOc2ncccc21. The molecule has 1 aromatic rings. The highest BCUT2D eigenvalue weighted by Crippen LogP contribution is 2.26. The lowest BCUT2D eigenvalue weighted by Gasteiger charge is -2.24. The molecule has 2 rings (SSSR count). The van der Waals surface area contributed by atoms with Gasteiger partial charge < -0.3 is 9.64 Å². The van der Waals surface area contributed by atoms with E-state index in [-0.39, 0.29) is 0 Å². The van der Waals surface area contributed by atoms with Crippen LogP contribution in [0.25, 0.3) is 0 Å². The maximum Gasteiger partial charge on any atom is 0.238 e. The van der Waals surface area contributed by atoms with Crippen molar-refractivity contribution in [2.24, 2.45) is 0 Å². The smallest absolute Gasteiger partial charge is 0.238 e. The van der Waals surface area contributed by atoms with Gasteiger partial charge in [0.15, 0.2) is 0 Å². The Labute approximate surface area is 69.8 Å². The molecular weight excluding hydrogens is 156 g/mol. The number of hydrogen-bond acceptors (Lipinski definition) is 3. The average Bonchev–Trinajstić information content (AvgIpc) is 2.17. The molecule has 0 unspecified atom stereocenters. The number of ether oxygens (including phenoxy) is 1. The largest absolute Gasteiger partial charge is 0.474 e. The van der Waals surface area contributed by atoms with Crippen molar-refractivity contribution >= 4 is 12.1 Å². The van der Waals surface area contributed by atoms with E-state index in [9.17, 15) is 4.79 Å². The monoisotopic (exact) mass is 164 g/mol. The third kappa shape index (κ3) is 1.01. The van der Waals surface area contributed by atoms with Crippen LogP contribution < -0.4 is 9.64 Å². The summed E-state index contributed by atoms with van der Waals surface area (Å²) in [6.45, 7) is 1.12. The number of hydrogen-bond donors (Lipinski definition) is 0. The lowest BCUT2D eigenvalue weighted by atomic mass is 10.3. The molecule has 0 fully saturated rings. The van der Waals surface area contributed by atoms with Crippen molar-refractivity contribution in [2.45, 2.75) is 0 Å². The Balaban J connectivity index is 2.43.